The molecular weight excluding hydrogens is 364 g/mol. The lowest BCUT2D eigenvalue weighted by Gasteiger charge is -2.21. The van der Waals surface area contributed by atoms with Gasteiger partial charge in [-0.25, -0.2) is 9.59 Å². The summed E-state index contributed by atoms with van der Waals surface area (Å²) >= 11 is 3.44. The van der Waals surface area contributed by atoms with E-state index in [9.17, 15) is 9.59 Å². The van der Waals surface area contributed by atoms with Crippen LogP contribution in [0.5, 0.6) is 0 Å². The molecule has 0 saturated carbocycles. The van der Waals surface area contributed by atoms with Crippen LogP contribution in [0.3, 0.4) is 0 Å². The highest BCUT2D eigenvalue weighted by atomic mass is 79.9. The molecule has 2 atom stereocenters. The van der Waals surface area contributed by atoms with Gasteiger partial charge in [-0.15, -0.1) is 0 Å². The minimum Gasteiger partial charge on any atom is -0.444 e. The van der Waals surface area contributed by atoms with Gasteiger partial charge in [0, 0.05) is 4.47 Å². The van der Waals surface area contributed by atoms with Gasteiger partial charge in [0.25, 0.3) is 0 Å². The molecule has 7 heteroatoms. The Hall–Kier alpha value is -1.76. The molecular formula is C16H19BrN2O4. The molecule has 1 fully saturated rings. The van der Waals surface area contributed by atoms with Gasteiger partial charge in [-0.05, 0) is 51.0 Å². The van der Waals surface area contributed by atoms with Gasteiger partial charge in [0.2, 0.25) is 0 Å². The van der Waals surface area contributed by atoms with Crippen molar-refractivity contribution in [3.05, 3.63) is 28.2 Å². The number of rotatable bonds is 2. The van der Waals surface area contributed by atoms with Crippen LogP contribution in [0.25, 0.3) is 0 Å². The number of amides is 2. The first-order chi connectivity index (χ1) is 10.7. The Morgan fingerprint density at radius 3 is 2.91 bits per heavy atom. The number of cyclic esters (lactones) is 1. The maximum atomic E-state index is 12.1. The van der Waals surface area contributed by atoms with E-state index in [0.717, 1.165) is 15.7 Å². The molecule has 0 aromatic heterocycles. The largest absolute Gasteiger partial charge is 0.444 e. The maximum absolute atomic E-state index is 12.1. The number of hydrogen-bond acceptors (Lipinski definition) is 4. The summed E-state index contributed by atoms with van der Waals surface area (Å²) in [7, 11) is 0. The predicted molar refractivity (Wildman–Crippen MR) is 88.6 cm³/mol. The highest BCUT2D eigenvalue weighted by molar-refractivity contribution is 9.10. The van der Waals surface area contributed by atoms with Gasteiger partial charge in [0.05, 0.1) is 18.3 Å². The molecule has 1 N–H and O–H groups in total. The third kappa shape index (κ3) is 3.29. The highest BCUT2D eigenvalue weighted by Crippen LogP contribution is 2.39. The number of carbonyl (C=O) groups is 2. The molecule has 0 bridgehead atoms. The summed E-state index contributed by atoms with van der Waals surface area (Å²) < 4.78 is 11.6. The molecule has 2 aliphatic rings. The van der Waals surface area contributed by atoms with Gasteiger partial charge in [-0.1, -0.05) is 15.9 Å². The Kier molecular flexibility index (Phi) is 4.00. The van der Waals surface area contributed by atoms with E-state index in [0.29, 0.717) is 6.42 Å². The van der Waals surface area contributed by atoms with Gasteiger partial charge in [-0.2, -0.15) is 0 Å². The number of nitrogens with one attached hydrogen (secondary N) is 1. The summed E-state index contributed by atoms with van der Waals surface area (Å²) in [4.78, 5) is 25.6. The van der Waals surface area contributed by atoms with E-state index < -0.39 is 11.7 Å². The standard InChI is InChI=1S/C16H19BrN2O4/c1-16(2,3)23-14(20)18-8-13-12-7-9-6-10(17)4-5-11(9)19(12)15(21)22-13/h4-6,12-13H,7-8H2,1-3H3,(H,18,20). The number of benzene rings is 1. The van der Waals surface area contributed by atoms with Crippen molar-refractivity contribution >= 4 is 33.8 Å². The van der Waals surface area contributed by atoms with E-state index in [-0.39, 0.29) is 24.8 Å². The van der Waals surface area contributed by atoms with Crippen LogP contribution in [0, 0.1) is 0 Å². The average Bonchev–Trinajstić information content (AvgIpc) is 2.92. The monoisotopic (exact) mass is 382 g/mol. The summed E-state index contributed by atoms with van der Waals surface area (Å²) in [6, 6.07) is 5.73. The van der Waals surface area contributed by atoms with Crippen LogP contribution in [-0.4, -0.2) is 36.5 Å². The number of hydrogen-bond donors (Lipinski definition) is 1. The van der Waals surface area contributed by atoms with E-state index in [2.05, 4.69) is 21.2 Å². The van der Waals surface area contributed by atoms with Gasteiger partial charge < -0.3 is 14.8 Å². The lowest BCUT2D eigenvalue weighted by molar-refractivity contribution is 0.0489. The van der Waals surface area contributed by atoms with Crippen LogP contribution in [-0.2, 0) is 15.9 Å². The van der Waals surface area contributed by atoms with Crippen LogP contribution < -0.4 is 10.2 Å². The Balaban J connectivity index is 1.66. The van der Waals surface area contributed by atoms with Gasteiger partial charge >= 0.3 is 12.2 Å². The fraction of sp³-hybridized carbons (Fsp3) is 0.500. The number of carbonyl (C=O) groups excluding carboxylic acids is 2. The first-order valence-corrected chi connectivity index (χ1v) is 8.29. The normalized spacial score (nSPS) is 22.4. The Labute approximate surface area is 143 Å². The fourth-order valence-electron chi connectivity index (χ4n) is 2.92. The van der Waals surface area contributed by atoms with Crippen molar-refractivity contribution in [2.45, 2.75) is 44.9 Å². The molecule has 2 amide bonds. The molecule has 6 nitrogen and oxygen atoms in total. The quantitative estimate of drug-likeness (QED) is 0.852. The number of anilines is 1. The lowest BCUT2D eigenvalue weighted by atomic mass is 10.1. The molecule has 2 heterocycles. The van der Waals surface area contributed by atoms with Crippen molar-refractivity contribution in [2.75, 3.05) is 11.4 Å². The van der Waals surface area contributed by atoms with E-state index in [1.54, 1.807) is 25.7 Å². The number of ether oxygens (including phenoxy) is 2. The molecule has 0 radical (unpaired) electrons. The van der Waals surface area contributed by atoms with E-state index in [1.165, 1.54) is 0 Å². The van der Waals surface area contributed by atoms with Crippen LogP contribution in [0.4, 0.5) is 15.3 Å². The zero-order chi connectivity index (χ0) is 16.8. The highest BCUT2D eigenvalue weighted by Gasteiger charge is 2.47. The lowest BCUT2D eigenvalue weighted by Crippen LogP contribution is -2.42. The van der Waals surface area contributed by atoms with E-state index in [4.69, 9.17) is 9.47 Å². The maximum Gasteiger partial charge on any atom is 0.415 e. The zero-order valence-corrected chi connectivity index (χ0v) is 14.8. The van der Waals surface area contributed by atoms with Crippen molar-refractivity contribution < 1.29 is 19.1 Å². The molecule has 2 unspecified atom stereocenters. The molecule has 1 aromatic carbocycles. The van der Waals surface area contributed by atoms with Crippen LogP contribution in [0.2, 0.25) is 0 Å². The molecule has 0 aliphatic carbocycles. The Morgan fingerprint density at radius 1 is 1.48 bits per heavy atom. The van der Waals surface area contributed by atoms with Crippen LogP contribution in [0.1, 0.15) is 26.3 Å². The smallest absolute Gasteiger partial charge is 0.415 e. The van der Waals surface area contributed by atoms with Gasteiger partial charge in [-0.3, -0.25) is 4.90 Å². The van der Waals surface area contributed by atoms with Crippen molar-refractivity contribution in [1.82, 2.24) is 5.32 Å². The Bertz CT molecular complexity index is 656. The summed E-state index contributed by atoms with van der Waals surface area (Å²) in [5.74, 6) is 0. The SMILES string of the molecule is CC(C)(C)OC(=O)NCC1OC(=O)N2c3ccc(Br)cc3CC12. The second-order valence-corrected chi connectivity index (χ2v) is 7.64. The second kappa shape index (κ2) is 5.70. The minimum atomic E-state index is -0.557. The summed E-state index contributed by atoms with van der Waals surface area (Å²) in [5.41, 5.74) is 1.42. The average molecular weight is 383 g/mol. The first kappa shape index (κ1) is 16.1. The van der Waals surface area contributed by atoms with Gasteiger partial charge in [0.15, 0.2) is 0 Å². The number of nitrogens with zero attached hydrogens (tertiary/aromatic N) is 1. The molecule has 124 valence electrons. The Morgan fingerprint density at radius 2 is 2.22 bits per heavy atom. The van der Waals surface area contributed by atoms with Crippen LogP contribution >= 0.6 is 15.9 Å². The summed E-state index contributed by atoms with van der Waals surface area (Å²) in [5, 5.41) is 2.68. The first-order valence-electron chi connectivity index (χ1n) is 7.50. The van der Waals surface area contributed by atoms with E-state index in [1.807, 2.05) is 18.2 Å². The number of fused-ring (bicyclic) bond motifs is 3. The minimum absolute atomic E-state index is 0.0956. The summed E-state index contributed by atoms with van der Waals surface area (Å²) in [6.07, 6.45) is -0.556. The van der Waals surface area contributed by atoms with Crippen molar-refractivity contribution in [3.63, 3.8) is 0 Å². The van der Waals surface area contributed by atoms with Crippen molar-refractivity contribution in [1.29, 1.82) is 0 Å². The molecule has 2 aliphatic heterocycles. The number of halogens is 1. The molecule has 1 aromatic rings. The zero-order valence-electron chi connectivity index (χ0n) is 13.3. The molecule has 23 heavy (non-hydrogen) atoms. The van der Waals surface area contributed by atoms with Crippen molar-refractivity contribution in [2.24, 2.45) is 0 Å². The fourth-order valence-corrected chi connectivity index (χ4v) is 3.33. The predicted octanol–water partition coefficient (Wildman–Crippen LogP) is 3.22. The molecule has 3 rings (SSSR count). The number of alkyl carbamates (subject to hydrolysis) is 1. The van der Waals surface area contributed by atoms with Crippen molar-refractivity contribution in [3.8, 4) is 0 Å². The molecule has 1 saturated heterocycles. The second-order valence-electron chi connectivity index (χ2n) is 6.72. The third-order valence-electron chi connectivity index (χ3n) is 3.79. The van der Waals surface area contributed by atoms with E-state index >= 15 is 0 Å². The topological polar surface area (TPSA) is 67.9 Å². The van der Waals surface area contributed by atoms with Gasteiger partial charge in [0.1, 0.15) is 11.7 Å². The molecule has 0 spiro atoms. The van der Waals surface area contributed by atoms with Crippen LogP contribution in [0.15, 0.2) is 22.7 Å². The summed E-state index contributed by atoms with van der Waals surface area (Å²) in [6.45, 7) is 5.64. The third-order valence-corrected chi connectivity index (χ3v) is 4.28.